The van der Waals surface area contributed by atoms with Crippen LogP contribution in [-0.2, 0) is 24.3 Å². The smallest absolute Gasteiger partial charge is 0.271 e. The lowest BCUT2D eigenvalue weighted by Crippen LogP contribution is -2.64. The molecule has 1 unspecified atom stereocenters. The van der Waals surface area contributed by atoms with Crippen LogP contribution in [0, 0.1) is 0 Å². The zero-order chi connectivity index (χ0) is 22.3. The van der Waals surface area contributed by atoms with Crippen molar-refractivity contribution in [3.05, 3.63) is 52.8 Å². The Morgan fingerprint density at radius 3 is 2.78 bits per heavy atom. The van der Waals surface area contributed by atoms with Gasteiger partial charge in [-0.2, -0.15) is 0 Å². The zero-order valence-corrected chi connectivity index (χ0v) is 19.6. The van der Waals surface area contributed by atoms with Crippen LogP contribution >= 0.6 is 11.3 Å². The van der Waals surface area contributed by atoms with Crippen molar-refractivity contribution < 1.29 is 9.59 Å². The van der Waals surface area contributed by atoms with E-state index in [2.05, 4.69) is 27.9 Å². The van der Waals surface area contributed by atoms with Crippen LogP contribution in [0.15, 0.2) is 36.5 Å². The van der Waals surface area contributed by atoms with Crippen molar-refractivity contribution in [2.75, 3.05) is 0 Å². The molecule has 0 saturated heterocycles. The molecule has 1 aliphatic heterocycles. The summed E-state index contributed by atoms with van der Waals surface area (Å²) in [5.74, 6) is -0.170. The van der Waals surface area contributed by atoms with Crippen LogP contribution in [0.3, 0.4) is 0 Å². The maximum absolute atomic E-state index is 13.8. The summed E-state index contributed by atoms with van der Waals surface area (Å²) in [6.07, 6.45) is 8.25. The van der Waals surface area contributed by atoms with Gasteiger partial charge in [-0.1, -0.05) is 32.3 Å². The molecule has 0 radical (unpaired) electrons. The maximum Gasteiger partial charge on any atom is 0.271 e. The van der Waals surface area contributed by atoms with Gasteiger partial charge < -0.3 is 14.8 Å². The van der Waals surface area contributed by atoms with Gasteiger partial charge in [0, 0.05) is 17.1 Å². The van der Waals surface area contributed by atoms with Gasteiger partial charge in [-0.15, -0.1) is 11.3 Å². The van der Waals surface area contributed by atoms with Crippen LogP contribution in [0.25, 0.3) is 10.2 Å². The molecule has 1 saturated carbocycles. The second-order valence-corrected chi connectivity index (χ2v) is 10.4. The number of hydrogen-bond donors (Lipinski definition) is 1. The van der Waals surface area contributed by atoms with Crippen molar-refractivity contribution in [3.8, 4) is 0 Å². The Labute approximate surface area is 192 Å². The fourth-order valence-electron chi connectivity index (χ4n) is 5.05. The zero-order valence-electron chi connectivity index (χ0n) is 18.8. The largest absolute Gasteiger partial charge is 0.351 e. The highest BCUT2D eigenvalue weighted by Crippen LogP contribution is 2.37. The van der Waals surface area contributed by atoms with Crippen molar-refractivity contribution in [2.24, 2.45) is 0 Å². The summed E-state index contributed by atoms with van der Waals surface area (Å²) in [6.45, 7) is 4.81. The molecule has 1 aliphatic carbocycles. The predicted octanol–water partition coefficient (Wildman–Crippen LogP) is 4.52. The quantitative estimate of drug-likeness (QED) is 0.621. The molecule has 168 valence electrons. The summed E-state index contributed by atoms with van der Waals surface area (Å²) < 4.78 is 3.17. The molecule has 3 aromatic rings. The predicted molar refractivity (Wildman–Crippen MR) is 127 cm³/mol. The number of hydrogen-bond acceptors (Lipinski definition) is 4. The molecule has 7 heteroatoms. The Morgan fingerprint density at radius 2 is 2.06 bits per heavy atom. The lowest BCUT2D eigenvalue weighted by atomic mass is 9.91. The number of aromatic nitrogens is 2. The van der Waals surface area contributed by atoms with Crippen molar-refractivity contribution in [2.45, 2.75) is 77.0 Å². The van der Waals surface area contributed by atoms with E-state index in [1.165, 1.54) is 11.3 Å². The highest BCUT2D eigenvalue weighted by Gasteiger charge is 2.48. The Kier molecular flexibility index (Phi) is 5.53. The molecular weight excluding hydrogens is 420 g/mol. The number of nitrogens with one attached hydrogen (secondary N) is 1. The van der Waals surface area contributed by atoms with E-state index in [-0.39, 0.29) is 17.9 Å². The lowest BCUT2D eigenvalue weighted by molar-refractivity contribution is -0.134. The number of carbonyl (C=O) groups is 2. The first kappa shape index (κ1) is 21.2. The summed E-state index contributed by atoms with van der Waals surface area (Å²) in [7, 11) is 0. The van der Waals surface area contributed by atoms with Crippen LogP contribution in [0.5, 0.6) is 0 Å². The van der Waals surface area contributed by atoms with E-state index in [9.17, 15) is 9.59 Å². The van der Waals surface area contributed by atoms with Crippen molar-refractivity contribution in [3.63, 3.8) is 0 Å². The molecule has 6 nitrogen and oxygen atoms in total. The monoisotopic (exact) mass is 450 g/mol. The molecule has 3 aromatic heterocycles. The number of nitrogens with zero attached hydrogens (tertiary/aromatic N) is 3. The number of carbonyl (C=O) groups excluding carboxylic acids is 2. The van der Waals surface area contributed by atoms with Gasteiger partial charge in [0.15, 0.2) is 0 Å². The number of thiophene rings is 1. The molecule has 2 aliphatic rings. The van der Waals surface area contributed by atoms with Gasteiger partial charge in [0.1, 0.15) is 11.2 Å². The highest BCUT2D eigenvalue weighted by atomic mass is 32.1. The summed E-state index contributed by atoms with van der Waals surface area (Å²) in [5, 5.41) is 3.29. The van der Waals surface area contributed by atoms with E-state index < -0.39 is 5.54 Å². The molecule has 1 N–H and O–H groups in total. The first-order valence-corrected chi connectivity index (χ1v) is 12.5. The van der Waals surface area contributed by atoms with Crippen LogP contribution in [0.2, 0.25) is 0 Å². The number of pyridine rings is 1. The first-order valence-electron chi connectivity index (χ1n) is 11.6. The van der Waals surface area contributed by atoms with Crippen LogP contribution < -0.4 is 5.32 Å². The van der Waals surface area contributed by atoms with E-state index in [0.717, 1.165) is 48.0 Å². The first-order chi connectivity index (χ1) is 15.5. The van der Waals surface area contributed by atoms with E-state index in [1.807, 2.05) is 31.2 Å². The van der Waals surface area contributed by atoms with E-state index >= 15 is 0 Å². The minimum Gasteiger partial charge on any atom is -0.351 e. The third-order valence-corrected chi connectivity index (χ3v) is 8.21. The van der Waals surface area contributed by atoms with Gasteiger partial charge in [-0.3, -0.25) is 14.6 Å². The Morgan fingerprint density at radius 1 is 1.25 bits per heavy atom. The van der Waals surface area contributed by atoms with E-state index in [0.29, 0.717) is 18.8 Å². The van der Waals surface area contributed by atoms with Gasteiger partial charge in [0.05, 0.1) is 29.0 Å². The minimum absolute atomic E-state index is 0.0628. The number of rotatable bonds is 5. The molecule has 0 spiro atoms. The molecule has 0 bridgehead atoms. The van der Waals surface area contributed by atoms with E-state index in [4.69, 9.17) is 0 Å². The fraction of sp³-hybridized carbons (Fsp3) is 0.480. The van der Waals surface area contributed by atoms with Gasteiger partial charge >= 0.3 is 0 Å². The minimum atomic E-state index is -0.987. The van der Waals surface area contributed by atoms with Gasteiger partial charge in [0.25, 0.3) is 5.91 Å². The standard InChI is InChI=1S/C25H30N4O2S/c1-3-19-13-20-22(32-19)14-21-23(30)29(15-18-11-7-8-12-26-18)25(2,16-28(20)21)24(31)27-17-9-5-4-6-10-17/h7-8,11-14,17H,3-6,9-10,15-16H2,1-2H3,(H,27,31). The van der Waals surface area contributed by atoms with Crippen LogP contribution in [-0.4, -0.2) is 37.8 Å². The van der Waals surface area contributed by atoms with Gasteiger partial charge in [-0.25, -0.2) is 0 Å². The SMILES string of the molecule is CCc1cc2c(cc3n2CC(C)(C(=O)NC2CCCCC2)N(Cc2ccccn2)C3=O)s1. The third kappa shape index (κ3) is 3.62. The van der Waals surface area contributed by atoms with Crippen molar-refractivity contribution in [1.82, 2.24) is 19.8 Å². The summed E-state index contributed by atoms with van der Waals surface area (Å²) >= 11 is 1.73. The third-order valence-electron chi connectivity index (χ3n) is 6.99. The van der Waals surface area contributed by atoms with Crippen LogP contribution in [0.4, 0.5) is 0 Å². The molecule has 5 rings (SSSR count). The summed E-state index contributed by atoms with van der Waals surface area (Å²) in [6, 6.07) is 10.0. The fourth-order valence-corrected chi connectivity index (χ4v) is 6.09. The van der Waals surface area contributed by atoms with Crippen LogP contribution in [0.1, 0.15) is 67.0 Å². The number of aryl methyl sites for hydroxylation is 1. The normalized spacial score (nSPS) is 21.7. The molecular formula is C25H30N4O2S. The van der Waals surface area contributed by atoms with Gasteiger partial charge in [0.2, 0.25) is 5.91 Å². The summed E-state index contributed by atoms with van der Waals surface area (Å²) in [5.41, 5.74) is 1.52. The lowest BCUT2D eigenvalue weighted by Gasteiger charge is -2.44. The molecule has 1 atom stereocenters. The van der Waals surface area contributed by atoms with Crippen molar-refractivity contribution in [1.29, 1.82) is 0 Å². The highest BCUT2D eigenvalue weighted by molar-refractivity contribution is 7.19. The average Bonchev–Trinajstić information content (AvgIpc) is 3.36. The molecule has 2 amide bonds. The molecule has 1 fully saturated rings. The van der Waals surface area contributed by atoms with Crippen molar-refractivity contribution >= 4 is 33.4 Å². The molecule has 4 heterocycles. The number of fused-ring (bicyclic) bond motifs is 3. The average molecular weight is 451 g/mol. The second-order valence-electron chi connectivity index (χ2n) is 9.23. The Bertz CT molecular complexity index is 1150. The molecule has 32 heavy (non-hydrogen) atoms. The van der Waals surface area contributed by atoms with E-state index in [1.54, 1.807) is 22.4 Å². The number of amides is 2. The molecule has 0 aromatic carbocycles. The second kappa shape index (κ2) is 8.35. The Balaban J connectivity index is 1.54. The topological polar surface area (TPSA) is 67.2 Å². The maximum atomic E-state index is 13.8. The Hall–Kier alpha value is -2.67. The van der Waals surface area contributed by atoms with Gasteiger partial charge in [-0.05, 0) is 50.5 Å². The summed E-state index contributed by atoms with van der Waals surface area (Å²) in [4.78, 5) is 34.9.